The standard InChI is InChI=1S/C25H31NO2/c1-19-8-3-4-9-20(19)10-7-17-26-16-6-5-14-25(26)15-13-21-18-22(28-2)11-12-23(21)24(25)27/h3-4,8-9,11-12,18H,5-7,10,13-17H2,1-2H3. The van der Waals surface area contributed by atoms with Crippen molar-refractivity contribution in [3.8, 4) is 5.75 Å². The molecule has 1 heterocycles. The number of carbonyl (C=O) groups is 1. The number of hydrogen-bond acceptors (Lipinski definition) is 3. The van der Waals surface area contributed by atoms with Gasteiger partial charge in [-0.25, -0.2) is 0 Å². The van der Waals surface area contributed by atoms with Gasteiger partial charge in [0.1, 0.15) is 5.75 Å². The van der Waals surface area contributed by atoms with Gasteiger partial charge in [-0.2, -0.15) is 0 Å². The van der Waals surface area contributed by atoms with Crippen LogP contribution in [-0.4, -0.2) is 36.4 Å². The van der Waals surface area contributed by atoms with E-state index in [4.69, 9.17) is 4.74 Å². The minimum atomic E-state index is -0.286. The Labute approximate surface area is 168 Å². The third-order valence-corrected chi connectivity index (χ3v) is 6.80. The van der Waals surface area contributed by atoms with Crippen molar-refractivity contribution in [1.82, 2.24) is 4.90 Å². The van der Waals surface area contributed by atoms with Gasteiger partial charge in [0.25, 0.3) is 0 Å². The molecule has 1 aliphatic heterocycles. The van der Waals surface area contributed by atoms with Crippen LogP contribution in [0, 0.1) is 6.92 Å². The highest BCUT2D eigenvalue weighted by Crippen LogP contribution is 2.40. The van der Waals surface area contributed by atoms with Gasteiger partial charge in [0.2, 0.25) is 0 Å². The lowest BCUT2D eigenvalue weighted by molar-refractivity contribution is 0.0288. The highest BCUT2D eigenvalue weighted by Gasteiger charge is 2.47. The molecule has 4 rings (SSSR count). The number of piperidine rings is 1. The fraction of sp³-hybridized carbons (Fsp3) is 0.480. The highest BCUT2D eigenvalue weighted by atomic mass is 16.5. The first-order chi connectivity index (χ1) is 13.6. The van der Waals surface area contributed by atoms with E-state index in [9.17, 15) is 4.79 Å². The molecule has 148 valence electrons. The van der Waals surface area contributed by atoms with E-state index in [0.717, 1.165) is 68.5 Å². The third-order valence-electron chi connectivity index (χ3n) is 6.80. The van der Waals surface area contributed by atoms with Gasteiger partial charge in [0.15, 0.2) is 5.78 Å². The van der Waals surface area contributed by atoms with Gasteiger partial charge in [-0.3, -0.25) is 9.69 Å². The molecular formula is C25H31NO2. The minimum Gasteiger partial charge on any atom is -0.497 e. The fourth-order valence-electron chi connectivity index (χ4n) is 5.14. The second-order valence-electron chi connectivity index (χ2n) is 8.36. The summed E-state index contributed by atoms with van der Waals surface area (Å²) in [5, 5.41) is 0. The van der Waals surface area contributed by atoms with Crippen LogP contribution in [0.2, 0.25) is 0 Å². The fourth-order valence-corrected chi connectivity index (χ4v) is 5.14. The van der Waals surface area contributed by atoms with Crippen molar-refractivity contribution in [1.29, 1.82) is 0 Å². The largest absolute Gasteiger partial charge is 0.497 e. The van der Waals surface area contributed by atoms with Crippen LogP contribution < -0.4 is 4.74 Å². The minimum absolute atomic E-state index is 0.286. The Morgan fingerprint density at radius 2 is 1.96 bits per heavy atom. The Bertz CT molecular complexity index is 859. The molecule has 1 unspecified atom stereocenters. The van der Waals surface area contributed by atoms with Crippen molar-refractivity contribution in [2.75, 3.05) is 20.2 Å². The lowest BCUT2D eigenvalue weighted by Gasteiger charge is -2.48. The molecule has 0 aromatic heterocycles. The predicted molar refractivity (Wildman–Crippen MR) is 113 cm³/mol. The van der Waals surface area contributed by atoms with Crippen LogP contribution in [0.25, 0.3) is 0 Å². The first-order valence-corrected chi connectivity index (χ1v) is 10.7. The van der Waals surface area contributed by atoms with E-state index in [1.165, 1.54) is 17.5 Å². The Morgan fingerprint density at radius 1 is 1.11 bits per heavy atom. The number of benzene rings is 2. The average Bonchev–Trinajstić information content (AvgIpc) is 2.73. The van der Waals surface area contributed by atoms with Crippen molar-refractivity contribution in [3.05, 3.63) is 64.7 Å². The van der Waals surface area contributed by atoms with E-state index in [1.54, 1.807) is 7.11 Å². The number of nitrogens with zero attached hydrogens (tertiary/aromatic N) is 1. The summed E-state index contributed by atoms with van der Waals surface area (Å²) in [6, 6.07) is 14.6. The Balaban J connectivity index is 1.51. The number of hydrogen-bond donors (Lipinski definition) is 0. The molecule has 1 atom stereocenters. The van der Waals surface area contributed by atoms with Crippen LogP contribution in [0.3, 0.4) is 0 Å². The van der Waals surface area contributed by atoms with Crippen LogP contribution in [0.1, 0.15) is 59.2 Å². The molecule has 1 fully saturated rings. The zero-order valence-corrected chi connectivity index (χ0v) is 17.2. The van der Waals surface area contributed by atoms with Crippen LogP contribution in [-0.2, 0) is 12.8 Å². The van der Waals surface area contributed by atoms with E-state index in [-0.39, 0.29) is 5.54 Å². The molecular weight excluding hydrogens is 346 g/mol. The third kappa shape index (κ3) is 3.48. The number of ketones is 1. The molecule has 0 radical (unpaired) electrons. The molecule has 0 N–H and O–H groups in total. The summed E-state index contributed by atoms with van der Waals surface area (Å²) in [6.45, 7) is 4.24. The normalized spacial score (nSPS) is 22.3. The van der Waals surface area contributed by atoms with E-state index < -0.39 is 0 Å². The summed E-state index contributed by atoms with van der Waals surface area (Å²) in [5.74, 6) is 1.19. The molecule has 0 bridgehead atoms. The molecule has 1 saturated heterocycles. The van der Waals surface area contributed by atoms with Crippen LogP contribution in [0.5, 0.6) is 5.75 Å². The van der Waals surface area contributed by atoms with Gasteiger partial charge in [-0.05, 0) is 99.8 Å². The lowest BCUT2D eigenvalue weighted by Crippen LogP contribution is -2.59. The molecule has 1 aliphatic carbocycles. The Morgan fingerprint density at radius 3 is 2.79 bits per heavy atom. The van der Waals surface area contributed by atoms with Gasteiger partial charge in [-0.1, -0.05) is 24.3 Å². The van der Waals surface area contributed by atoms with Crippen molar-refractivity contribution in [2.24, 2.45) is 0 Å². The summed E-state index contributed by atoms with van der Waals surface area (Å²) < 4.78 is 5.36. The van der Waals surface area contributed by atoms with E-state index in [0.29, 0.717) is 5.78 Å². The van der Waals surface area contributed by atoms with Gasteiger partial charge in [0, 0.05) is 5.56 Å². The first-order valence-electron chi connectivity index (χ1n) is 10.7. The van der Waals surface area contributed by atoms with Crippen molar-refractivity contribution < 1.29 is 9.53 Å². The van der Waals surface area contributed by atoms with E-state index >= 15 is 0 Å². The molecule has 3 nitrogen and oxygen atoms in total. The number of carbonyl (C=O) groups excluding carboxylic acids is 1. The second kappa shape index (κ2) is 8.08. The summed E-state index contributed by atoms with van der Waals surface area (Å²) >= 11 is 0. The average molecular weight is 378 g/mol. The number of rotatable bonds is 5. The summed E-state index contributed by atoms with van der Waals surface area (Å²) in [6.07, 6.45) is 7.46. The molecule has 1 spiro atoms. The number of methoxy groups -OCH3 is 1. The van der Waals surface area contributed by atoms with E-state index in [2.05, 4.69) is 36.1 Å². The number of likely N-dealkylation sites (tertiary alicyclic amines) is 1. The molecule has 2 aromatic carbocycles. The van der Waals surface area contributed by atoms with Gasteiger partial charge in [0.05, 0.1) is 12.6 Å². The summed E-state index contributed by atoms with van der Waals surface area (Å²) in [7, 11) is 1.69. The van der Waals surface area contributed by atoms with Gasteiger partial charge in [-0.15, -0.1) is 0 Å². The highest BCUT2D eigenvalue weighted by molar-refractivity contribution is 6.05. The Hall–Kier alpha value is -2.13. The van der Waals surface area contributed by atoms with Gasteiger partial charge < -0.3 is 4.74 Å². The van der Waals surface area contributed by atoms with Crippen LogP contribution in [0.15, 0.2) is 42.5 Å². The van der Waals surface area contributed by atoms with Crippen molar-refractivity contribution in [3.63, 3.8) is 0 Å². The van der Waals surface area contributed by atoms with Crippen LogP contribution in [0.4, 0.5) is 0 Å². The number of fused-ring (bicyclic) bond motifs is 1. The Kier molecular flexibility index (Phi) is 5.54. The molecule has 3 heteroatoms. The van der Waals surface area contributed by atoms with Crippen molar-refractivity contribution in [2.45, 2.75) is 57.4 Å². The topological polar surface area (TPSA) is 29.5 Å². The quantitative estimate of drug-likeness (QED) is 0.735. The molecule has 0 saturated carbocycles. The van der Waals surface area contributed by atoms with E-state index in [1.807, 2.05) is 18.2 Å². The zero-order valence-electron chi connectivity index (χ0n) is 17.2. The van der Waals surface area contributed by atoms with Crippen LogP contribution >= 0.6 is 0 Å². The predicted octanol–water partition coefficient (Wildman–Crippen LogP) is 4.99. The SMILES string of the molecule is COc1ccc2c(c1)CCC1(CCCCN1CCCc1ccccc1C)C2=O. The number of ether oxygens (including phenoxy) is 1. The first kappa shape index (κ1) is 19.2. The molecule has 2 aliphatic rings. The number of aryl methyl sites for hydroxylation is 3. The maximum Gasteiger partial charge on any atom is 0.183 e. The lowest BCUT2D eigenvalue weighted by atomic mass is 9.71. The van der Waals surface area contributed by atoms with Crippen molar-refractivity contribution >= 4 is 5.78 Å². The summed E-state index contributed by atoms with van der Waals surface area (Å²) in [5.41, 5.74) is 4.58. The molecule has 0 amide bonds. The number of Topliss-reactive ketones (excluding diaryl/α,β-unsaturated/α-hetero) is 1. The summed E-state index contributed by atoms with van der Waals surface area (Å²) in [4.78, 5) is 16.1. The second-order valence-corrected chi connectivity index (χ2v) is 8.36. The zero-order chi connectivity index (χ0) is 19.6. The maximum absolute atomic E-state index is 13.6. The van der Waals surface area contributed by atoms with Gasteiger partial charge >= 0.3 is 0 Å². The monoisotopic (exact) mass is 377 g/mol. The smallest absolute Gasteiger partial charge is 0.183 e. The molecule has 28 heavy (non-hydrogen) atoms. The molecule has 2 aromatic rings. The maximum atomic E-state index is 13.6.